The first-order valence-electron chi connectivity index (χ1n) is 9.64. The molecular weight excluding hydrogens is 362 g/mol. The van der Waals surface area contributed by atoms with E-state index in [0.717, 1.165) is 40.6 Å². The number of hydrogen-bond acceptors (Lipinski definition) is 6. The van der Waals surface area contributed by atoms with Crippen molar-refractivity contribution in [3.8, 4) is 11.5 Å². The maximum Gasteiger partial charge on any atom is 0.259 e. The first-order valence-corrected chi connectivity index (χ1v) is 10.5. The molecule has 3 heterocycles. The molecule has 0 aromatic heterocycles. The Morgan fingerprint density at radius 1 is 1.33 bits per heavy atom. The van der Waals surface area contributed by atoms with Gasteiger partial charge in [0.25, 0.3) is 5.91 Å². The molecule has 1 saturated heterocycles. The minimum Gasteiger partial charge on any atom is -0.486 e. The van der Waals surface area contributed by atoms with Gasteiger partial charge < -0.3 is 25.0 Å². The summed E-state index contributed by atoms with van der Waals surface area (Å²) < 4.78 is 11.3. The molecule has 0 bridgehead atoms. The van der Waals surface area contributed by atoms with E-state index in [4.69, 9.17) is 9.47 Å². The Balaban J connectivity index is 1.33. The summed E-state index contributed by atoms with van der Waals surface area (Å²) in [4.78, 5) is 15.8. The van der Waals surface area contributed by atoms with Gasteiger partial charge in [0.05, 0.1) is 4.91 Å². The van der Waals surface area contributed by atoms with Crippen molar-refractivity contribution in [3.05, 3.63) is 34.4 Å². The van der Waals surface area contributed by atoms with Crippen LogP contribution in [0, 0.1) is 0 Å². The Bertz CT molecular complexity index is 752. The first-order chi connectivity index (χ1) is 13.1. The van der Waals surface area contributed by atoms with E-state index in [0.29, 0.717) is 19.3 Å². The van der Waals surface area contributed by atoms with Crippen LogP contribution in [0.2, 0.25) is 0 Å². The predicted molar refractivity (Wildman–Crippen MR) is 107 cm³/mol. The summed E-state index contributed by atoms with van der Waals surface area (Å²) in [6.45, 7) is 5.01. The van der Waals surface area contributed by atoms with Crippen LogP contribution < -0.4 is 20.1 Å². The van der Waals surface area contributed by atoms with Gasteiger partial charge in [-0.15, -0.1) is 0 Å². The highest BCUT2D eigenvalue weighted by Crippen LogP contribution is 2.42. The van der Waals surface area contributed by atoms with Crippen LogP contribution in [0.5, 0.6) is 11.5 Å². The first kappa shape index (κ1) is 18.5. The van der Waals surface area contributed by atoms with Crippen molar-refractivity contribution in [2.24, 2.45) is 0 Å². The van der Waals surface area contributed by atoms with Gasteiger partial charge in [0.15, 0.2) is 11.5 Å². The summed E-state index contributed by atoms with van der Waals surface area (Å²) in [5.41, 5.74) is 2.01. The Morgan fingerprint density at radius 3 is 2.93 bits per heavy atom. The average molecular weight is 390 g/mol. The van der Waals surface area contributed by atoms with Gasteiger partial charge in [0, 0.05) is 18.3 Å². The Morgan fingerprint density at radius 2 is 2.15 bits per heavy atom. The molecule has 6 nitrogen and oxygen atoms in total. The number of benzene rings is 1. The molecule has 7 heteroatoms. The smallest absolute Gasteiger partial charge is 0.259 e. The number of ether oxygens (including phenoxy) is 2. The minimum absolute atomic E-state index is 0.0162. The molecule has 0 spiro atoms. The molecule has 27 heavy (non-hydrogen) atoms. The van der Waals surface area contributed by atoms with Gasteiger partial charge in [-0.25, -0.2) is 0 Å². The van der Waals surface area contributed by atoms with E-state index in [1.54, 1.807) is 11.8 Å². The van der Waals surface area contributed by atoms with Crippen LogP contribution in [0.15, 0.2) is 28.8 Å². The topological polar surface area (TPSA) is 62.8 Å². The number of allylic oxidation sites excluding steroid dienone is 1. The number of fused-ring (bicyclic) bond motifs is 1. The Kier molecular flexibility index (Phi) is 5.50. The zero-order valence-corrected chi connectivity index (χ0v) is 16.7. The molecule has 2 unspecified atom stereocenters. The molecule has 2 atom stereocenters. The van der Waals surface area contributed by atoms with E-state index in [9.17, 15) is 4.79 Å². The highest BCUT2D eigenvalue weighted by atomic mass is 32.2. The summed E-state index contributed by atoms with van der Waals surface area (Å²) in [5.74, 6) is 1.58. The zero-order chi connectivity index (χ0) is 18.8. The van der Waals surface area contributed by atoms with Crippen molar-refractivity contribution in [3.63, 3.8) is 0 Å². The van der Waals surface area contributed by atoms with E-state index < -0.39 is 0 Å². The highest BCUT2D eigenvalue weighted by Gasteiger charge is 2.29. The van der Waals surface area contributed by atoms with Gasteiger partial charge in [0.1, 0.15) is 18.6 Å². The summed E-state index contributed by atoms with van der Waals surface area (Å²) >= 11 is 1.56. The third-order valence-corrected chi connectivity index (χ3v) is 6.79. The van der Waals surface area contributed by atoms with Gasteiger partial charge in [-0.3, -0.25) is 4.79 Å². The van der Waals surface area contributed by atoms with Gasteiger partial charge in [-0.2, -0.15) is 0 Å². The number of carbonyl (C=O) groups excluding carboxylic acids is 1. The molecule has 1 aromatic carbocycles. The number of nitrogens with one attached hydrogen (secondary N) is 2. The quantitative estimate of drug-likeness (QED) is 0.807. The summed E-state index contributed by atoms with van der Waals surface area (Å²) in [7, 11) is 2.17. The average Bonchev–Trinajstić information content (AvgIpc) is 3.27. The van der Waals surface area contributed by atoms with E-state index in [-0.39, 0.29) is 11.3 Å². The summed E-state index contributed by atoms with van der Waals surface area (Å²) in [6.07, 6.45) is 3.51. The molecule has 2 N–H and O–H groups in total. The number of amides is 1. The molecule has 0 radical (unpaired) electrons. The van der Waals surface area contributed by atoms with Crippen molar-refractivity contribution < 1.29 is 14.3 Å². The standard InChI is InChI=1S/C20H27N3O3S/c1-13-18(19(24)21-8-7-15-4-3-9-23(15)2)27-20(22-13)14-5-6-16-17(12-14)26-11-10-25-16/h5-6,12,15,20,22H,3-4,7-11H2,1-2H3,(H,21,24). The van der Waals surface area contributed by atoms with Crippen LogP contribution in [-0.2, 0) is 4.79 Å². The maximum atomic E-state index is 12.6. The van der Waals surface area contributed by atoms with Crippen LogP contribution >= 0.6 is 11.8 Å². The van der Waals surface area contributed by atoms with Crippen LogP contribution in [0.25, 0.3) is 0 Å². The number of likely N-dealkylation sites (tertiary alicyclic amines) is 1. The molecular formula is C20H27N3O3S. The fourth-order valence-corrected chi connectivity index (χ4v) is 5.04. The largest absolute Gasteiger partial charge is 0.486 e. The monoisotopic (exact) mass is 389 g/mol. The lowest BCUT2D eigenvalue weighted by Gasteiger charge is -2.20. The second kappa shape index (κ2) is 8.02. The van der Waals surface area contributed by atoms with Crippen molar-refractivity contribution in [2.45, 2.75) is 37.6 Å². The number of carbonyl (C=O) groups is 1. The van der Waals surface area contributed by atoms with Gasteiger partial charge in [-0.1, -0.05) is 17.8 Å². The number of rotatable bonds is 5. The van der Waals surface area contributed by atoms with Crippen LogP contribution in [-0.4, -0.2) is 50.2 Å². The van der Waals surface area contributed by atoms with Crippen LogP contribution in [0.4, 0.5) is 0 Å². The van der Waals surface area contributed by atoms with Crippen molar-refractivity contribution in [1.29, 1.82) is 0 Å². The third-order valence-electron chi connectivity index (χ3n) is 5.43. The molecule has 0 aliphatic carbocycles. The normalized spacial score (nSPS) is 24.8. The molecule has 4 rings (SSSR count). The van der Waals surface area contributed by atoms with E-state index in [1.807, 2.05) is 25.1 Å². The lowest BCUT2D eigenvalue weighted by molar-refractivity contribution is -0.116. The predicted octanol–water partition coefficient (Wildman–Crippen LogP) is 2.62. The van der Waals surface area contributed by atoms with Crippen molar-refractivity contribution >= 4 is 17.7 Å². The molecule has 0 saturated carbocycles. The molecule has 3 aliphatic rings. The fourth-order valence-electron chi connectivity index (χ4n) is 3.87. The SMILES string of the molecule is CC1=C(C(=O)NCCC2CCCN2C)SC(c2ccc3c(c2)OCCO3)N1. The highest BCUT2D eigenvalue weighted by molar-refractivity contribution is 8.04. The third kappa shape index (κ3) is 4.04. The number of nitrogens with zero attached hydrogens (tertiary/aromatic N) is 1. The van der Waals surface area contributed by atoms with Crippen molar-refractivity contribution in [1.82, 2.24) is 15.5 Å². The second-order valence-corrected chi connectivity index (χ2v) is 8.44. The summed E-state index contributed by atoms with van der Waals surface area (Å²) in [6, 6.07) is 6.57. The summed E-state index contributed by atoms with van der Waals surface area (Å²) in [5, 5.41) is 6.54. The zero-order valence-electron chi connectivity index (χ0n) is 15.9. The lowest BCUT2D eigenvalue weighted by atomic mass is 10.1. The van der Waals surface area contributed by atoms with E-state index in [1.165, 1.54) is 19.4 Å². The van der Waals surface area contributed by atoms with Gasteiger partial charge in [-0.05, 0) is 57.5 Å². The molecule has 146 valence electrons. The lowest BCUT2D eigenvalue weighted by Crippen LogP contribution is -2.32. The maximum absolute atomic E-state index is 12.6. The molecule has 1 amide bonds. The number of hydrogen-bond donors (Lipinski definition) is 2. The van der Waals surface area contributed by atoms with Gasteiger partial charge in [0.2, 0.25) is 0 Å². The molecule has 1 fully saturated rings. The number of thioether (sulfide) groups is 1. The van der Waals surface area contributed by atoms with Crippen LogP contribution in [0.1, 0.15) is 37.1 Å². The Labute approximate surface area is 164 Å². The molecule has 3 aliphatic heterocycles. The fraction of sp³-hybridized carbons (Fsp3) is 0.550. The van der Waals surface area contributed by atoms with Crippen LogP contribution in [0.3, 0.4) is 0 Å². The second-order valence-electron chi connectivity index (χ2n) is 7.32. The van der Waals surface area contributed by atoms with Gasteiger partial charge >= 0.3 is 0 Å². The Hall–Kier alpha value is -1.86. The van der Waals surface area contributed by atoms with E-state index >= 15 is 0 Å². The molecule has 1 aromatic rings. The minimum atomic E-state index is 0.0162. The van der Waals surface area contributed by atoms with Crippen molar-refractivity contribution in [2.75, 3.05) is 33.4 Å². The van der Waals surface area contributed by atoms with E-state index in [2.05, 4.69) is 22.6 Å².